The number of aryl methyl sites for hydroxylation is 1. The number of rotatable bonds is 4. The van der Waals surface area contributed by atoms with E-state index in [1.165, 1.54) is 0 Å². The van der Waals surface area contributed by atoms with E-state index in [0.29, 0.717) is 16.6 Å². The summed E-state index contributed by atoms with van der Waals surface area (Å²) in [4.78, 5) is 4.98. The van der Waals surface area contributed by atoms with Crippen molar-refractivity contribution in [3.63, 3.8) is 0 Å². The van der Waals surface area contributed by atoms with Gasteiger partial charge in [0.25, 0.3) is 0 Å². The summed E-state index contributed by atoms with van der Waals surface area (Å²) in [5.41, 5.74) is 8.00. The molecule has 0 radical (unpaired) electrons. The quantitative estimate of drug-likeness (QED) is 0.206. The molecule has 0 bridgehead atoms. The van der Waals surface area contributed by atoms with Gasteiger partial charge in [0.1, 0.15) is 0 Å². The molecule has 4 nitrogen and oxygen atoms in total. The van der Waals surface area contributed by atoms with E-state index in [-0.39, 0.29) is 6.04 Å². The number of para-hydroxylation sites is 1. The van der Waals surface area contributed by atoms with Gasteiger partial charge in [0.05, 0.1) is 17.3 Å². The SMILES string of the molecule is Cc1nc2ccc(Cl)cc2c(-c2ccccc2)c1C1=NN(C(=S)Nc2ccccc2)C(c2ccc(Br)cc2)C1. The average molecular weight is 612 g/mol. The number of hydrogen-bond acceptors (Lipinski definition) is 3. The molecule has 7 heteroatoms. The van der Waals surface area contributed by atoms with Crippen LogP contribution in [0.2, 0.25) is 5.02 Å². The fourth-order valence-electron chi connectivity index (χ4n) is 5.11. The van der Waals surface area contributed by atoms with Crippen molar-refractivity contribution in [1.82, 2.24) is 9.99 Å². The van der Waals surface area contributed by atoms with E-state index < -0.39 is 0 Å². The first-order valence-corrected chi connectivity index (χ1v) is 14.2. The minimum absolute atomic E-state index is 0.0742. The Morgan fingerprint density at radius 3 is 2.33 bits per heavy atom. The van der Waals surface area contributed by atoms with Gasteiger partial charge in [0, 0.05) is 43.8 Å². The third-order valence-corrected chi connectivity index (χ3v) is 7.93. The number of thiocarbonyl (C=S) groups is 1. The summed E-state index contributed by atoms with van der Waals surface area (Å²) in [6, 6.07) is 34.5. The summed E-state index contributed by atoms with van der Waals surface area (Å²) in [5, 5.41) is 12.7. The lowest BCUT2D eigenvalue weighted by molar-refractivity contribution is 0.375. The number of hydrogen-bond donors (Lipinski definition) is 1. The molecule has 1 atom stereocenters. The van der Waals surface area contributed by atoms with Crippen molar-refractivity contribution in [3.8, 4) is 11.1 Å². The van der Waals surface area contributed by atoms with Crippen molar-refractivity contribution in [3.05, 3.63) is 129 Å². The number of benzene rings is 4. The van der Waals surface area contributed by atoms with Crippen molar-refractivity contribution >= 4 is 67.2 Å². The topological polar surface area (TPSA) is 40.5 Å². The van der Waals surface area contributed by atoms with Gasteiger partial charge in [-0.25, -0.2) is 5.01 Å². The van der Waals surface area contributed by atoms with Crippen molar-refractivity contribution < 1.29 is 0 Å². The Balaban J connectivity index is 1.52. The Morgan fingerprint density at radius 2 is 1.62 bits per heavy atom. The summed E-state index contributed by atoms with van der Waals surface area (Å²) < 4.78 is 1.03. The Labute approximate surface area is 246 Å². The molecule has 6 rings (SSSR count). The molecule has 39 heavy (non-hydrogen) atoms. The lowest BCUT2D eigenvalue weighted by Crippen LogP contribution is -2.31. The highest BCUT2D eigenvalue weighted by atomic mass is 79.9. The Morgan fingerprint density at radius 1 is 0.923 bits per heavy atom. The monoisotopic (exact) mass is 610 g/mol. The number of fused-ring (bicyclic) bond motifs is 1. The maximum atomic E-state index is 6.49. The Hall–Kier alpha value is -3.58. The van der Waals surface area contributed by atoms with Gasteiger partial charge in [-0.15, -0.1) is 0 Å². The highest BCUT2D eigenvalue weighted by Gasteiger charge is 2.34. The Kier molecular flexibility index (Phi) is 7.17. The molecule has 0 saturated carbocycles. The number of hydrazone groups is 1. The van der Waals surface area contributed by atoms with Crippen molar-refractivity contribution in [1.29, 1.82) is 0 Å². The third kappa shape index (κ3) is 5.20. The van der Waals surface area contributed by atoms with Gasteiger partial charge in [-0.1, -0.05) is 88.2 Å². The van der Waals surface area contributed by atoms with E-state index in [1.54, 1.807) is 0 Å². The normalized spacial score (nSPS) is 14.9. The minimum Gasteiger partial charge on any atom is -0.331 e. The molecule has 1 aliphatic heterocycles. The fraction of sp³-hybridized carbons (Fsp3) is 0.0938. The lowest BCUT2D eigenvalue weighted by atomic mass is 9.89. The van der Waals surface area contributed by atoms with Crippen LogP contribution >= 0.6 is 39.7 Å². The van der Waals surface area contributed by atoms with Gasteiger partial charge >= 0.3 is 0 Å². The van der Waals surface area contributed by atoms with Gasteiger partial charge in [-0.2, -0.15) is 5.10 Å². The van der Waals surface area contributed by atoms with Crippen LogP contribution in [0.25, 0.3) is 22.0 Å². The van der Waals surface area contributed by atoms with E-state index in [9.17, 15) is 0 Å². The molecule has 4 aromatic carbocycles. The first-order chi connectivity index (χ1) is 19.0. The van der Waals surface area contributed by atoms with E-state index in [0.717, 1.165) is 54.7 Å². The summed E-state index contributed by atoms with van der Waals surface area (Å²) in [5.74, 6) is 0. The summed E-state index contributed by atoms with van der Waals surface area (Å²) in [7, 11) is 0. The zero-order valence-electron chi connectivity index (χ0n) is 21.1. The molecular formula is C32H24BrClN4S. The van der Waals surface area contributed by atoms with E-state index in [1.807, 2.05) is 59.6 Å². The highest BCUT2D eigenvalue weighted by molar-refractivity contribution is 9.10. The third-order valence-electron chi connectivity index (χ3n) is 6.88. The maximum Gasteiger partial charge on any atom is 0.194 e. The van der Waals surface area contributed by atoms with Crippen LogP contribution < -0.4 is 5.32 Å². The standard InChI is InChI=1S/C32H24BrClN4S/c1-20-30(31(22-8-4-2-5-9-22)26-18-24(34)16-17-27(26)35-20)28-19-29(21-12-14-23(33)15-13-21)38(37-28)32(39)36-25-10-6-3-7-11-25/h2-18,29H,19H2,1H3,(H,36,39). The van der Waals surface area contributed by atoms with Gasteiger partial charge in [0.2, 0.25) is 0 Å². The summed E-state index contributed by atoms with van der Waals surface area (Å²) in [6.45, 7) is 2.05. The van der Waals surface area contributed by atoms with Crippen LogP contribution in [-0.4, -0.2) is 20.8 Å². The zero-order valence-corrected chi connectivity index (χ0v) is 24.3. The molecule has 2 heterocycles. The number of nitrogens with zero attached hydrogens (tertiary/aromatic N) is 3. The summed E-state index contributed by atoms with van der Waals surface area (Å²) in [6.07, 6.45) is 0.673. The second-order valence-corrected chi connectivity index (χ2v) is 11.2. The maximum absolute atomic E-state index is 6.49. The molecule has 1 aliphatic rings. The van der Waals surface area contributed by atoms with Gasteiger partial charge in [0.15, 0.2) is 5.11 Å². The Bertz CT molecular complexity index is 1710. The number of nitrogens with one attached hydrogen (secondary N) is 1. The van der Waals surface area contributed by atoms with Crippen molar-refractivity contribution in [2.45, 2.75) is 19.4 Å². The minimum atomic E-state index is -0.0742. The predicted molar refractivity (Wildman–Crippen MR) is 169 cm³/mol. The van der Waals surface area contributed by atoms with Crippen LogP contribution in [0.15, 0.2) is 113 Å². The van der Waals surface area contributed by atoms with E-state index in [2.05, 4.69) is 76.7 Å². The van der Waals surface area contributed by atoms with Gasteiger partial charge in [-0.3, -0.25) is 4.98 Å². The first-order valence-electron chi connectivity index (χ1n) is 12.6. The lowest BCUT2D eigenvalue weighted by Gasteiger charge is -2.25. The molecule has 1 unspecified atom stereocenters. The molecule has 5 aromatic rings. The predicted octanol–water partition coefficient (Wildman–Crippen LogP) is 9.17. The van der Waals surface area contributed by atoms with E-state index in [4.69, 9.17) is 33.9 Å². The van der Waals surface area contributed by atoms with Crippen LogP contribution in [0.1, 0.15) is 29.3 Å². The molecule has 1 N–H and O–H groups in total. The molecule has 0 aliphatic carbocycles. The number of aromatic nitrogens is 1. The number of halogens is 2. The molecule has 0 fully saturated rings. The molecule has 0 saturated heterocycles. The highest BCUT2D eigenvalue weighted by Crippen LogP contribution is 2.40. The van der Waals surface area contributed by atoms with Crippen LogP contribution in [0, 0.1) is 6.92 Å². The van der Waals surface area contributed by atoms with Crippen molar-refractivity contribution in [2.24, 2.45) is 5.10 Å². The first kappa shape index (κ1) is 25.7. The van der Waals surface area contributed by atoms with Crippen LogP contribution in [0.5, 0.6) is 0 Å². The number of anilines is 1. The van der Waals surface area contributed by atoms with E-state index >= 15 is 0 Å². The van der Waals surface area contributed by atoms with Crippen LogP contribution in [0.4, 0.5) is 5.69 Å². The second-order valence-electron chi connectivity index (χ2n) is 9.43. The molecule has 0 amide bonds. The second kappa shape index (κ2) is 10.9. The fourth-order valence-corrected chi connectivity index (χ4v) is 5.83. The largest absolute Gasteiger partial charge is 0.331 e. The van der Waals surface area contributed by atoms with Gasteiger partial charge < -0.3 is 5.32 Å². The number of pyridine rings is 1. The zero-order chi connectivity index (χ0) is 26.9. The molecule has 1 aromatic heterocycles. The van der Waals surface area contributed by atoms with Crippen LogP contribution in [-0.2, 0) is 0 Å². The average Bonchev–Trinajstić information content (AvgIpc) is 3.39. The smallest absolute Gasteiger partial charge is 0.194 e. The molecule has 192 valence electrons. The van der Waals surface area contributed by atoms with Crippen molar-refractivity contribution in [2.75, 3.05) is 5.32 Å². The summed E-state index contributed by atoms with van der Waals surface area (Å²) >= 11 is 16.0. The molecule has 0 spiro atoms. The van der Waals surface area contributed by atoms with Crippen LogP contribution in [0.3, 0.4) is 0 Å². The van der Waals surface area contributed by atoms with Gasteiger partial charge in [-0.05, 0) is 72.7 Å². The molecular weight excluding hydrogens is 588 g/mol.